The molecular formula is C16H12N4O2. The predicted molar refractivity (Wildman–Crippen MR) is 76.2 cm³/mol. The van der Waals surface area contributed by atoms with Crippen molar-refractivity contribution < 1.29 is 9.53 Å². The fraction of sp³-hybridized carbons (Fsp3) is 0.250. The highest BCUT2D eigenvalue weighted by atomic mass is 16.6. The Labute approximate surface area is 127 Å². The number of carbonyl (C=O) groups is 1. The predicted octanol–water partition coefficient (Wildman–Crippen LogP) is 2.11. The fourth-order valence-corrected chi connectivity index (χ4v) is 2.56. The summed E-state index contributed by atoms with van der Waals surface area (Å²) in [5.74, 6) is -0.461. The van der Waals surface area contributed by atoms with Gasteiger partial charge in [-0.05, 0) is 32.0 Å². The number of imidazole rings is 1. The first kappa shape index (κ1) is 13.8. The molecule has 1 aromatic carbocycles. The quantitative estimate of drug-likeness (QED) is 0.750. The molecule has 0 unspecified atom stereocenters. The highest BCUT2D eigenvalue weighted by molar-refractivity contribution is 5.91. The second-order valence-corrected chi connectivity index (χ2v) is 5.69. The number of fused-ring (bicyclic) bond motifs is 1. The highest BCUT2D eigenvalue weighted by Gasteiger charge is 2.36. The van der Waals surface area contributed by atoms with Gasteiger partial charge in [0.15, 0.2) is 5.69 Å². The zero-order valence-electron chi connectivity index (χ0n) is 12.1. The molecule has 22 heavy (non-hydrogen) atoms. The maximum Gasteiger partial charge on any atom is 0.357 e. The number of nitrogens with zero attached hydrogens (tertiary/aromatic N) is 4. The standard InChI is InChI=1S/C16H12N4O2/c1-16(2)6-12-14(15(21)22-16)20(9-19-12)13-4-3-10(7-17)5-11(13)8-18/h3-5,9H,6H2,1-2H3. The van der Waals surface area contributed by atoms with E-state index in [4.69, 9.17) is 10.00 Å². The topological polar surface area (TPSA) is 91.7 Å². The van der Waals surface area contributed by atoms with E-state index in [1.165, 1.54) is 12.4 Å². The molecule has 1 aliphatic rings. The van der Waals surface area contributed by atoms with Crippen LogP contribution in [0.4, 0.5) is 0 Å². The van der Waals surface area contributed by atoms with Crippen LogP contribution in [0.5, 0.6) is 0 Å². The summed E-state index contributed by atoms with van der Waals surface area (Å²) in [4.78, 5) is 16.5. The summed E-state index contributed by atoms with van der Waals surface area (Å²) in [6.45, 7) is 3.66. The molecule has 1 aliphatic heterocycles. The van der Waals surface area contributed by atoms with Gasteiger partial charge in [-0.3, -0.25) is 4.57 Å². The molecule has 0 aliphatic carbocycles. The summed E-state index contributed by atoms with van der Waals surface area (Å²) in [6.07, 6.45) is 2.02. The van der Waals surface area contributed by atoms with Crippen LogP contribution in [0.25, 0.3) is 5.69 Å². The molecule has 2 aromatic rings. The van der Waals surface area contributed by atoms with Gasteiger partial charge in [0.25, 0.3) is 0 Å². The average molecular weight is 292 g/mol. The van der Waals surface area contributed by atoms with Gasteiger partial charge in [0.1, 0.15) is 18.0 Å². The lowest BCUT2D eigenvalue weighted by molar-refractivity contribution is -0.00795. The normalized spacial score (nSPS) is 15.4. The summed E-state index contributed by atoms with van der Waals surface area (Å²) in [7, 11) is 0. The SMILES string of the molecule is CC1(C)Cc2ncn(-c3ccc(C#N)cc3C#N)c2C(=O)O1. The molecule has 0 fully saturated rings. The molecule has 6 nitrogen and oxygen atoms in total. The lowest BCUT2D eigenvalue weighted by atomic mass is 9.98. The lowest BCUT2D eigenvalue weighted by Gasteiger charge is -2.29. The van der Waals surface area contributed by atoms with Crippen molar-refractivity contribution >= 4 is 5.97 Å². The van der Waals surface area contributed by atoms with Crippen molar-refractivity contribution in [1.29, 1.82) is 10.5 Å². The van der Waals surface area contributed by atoms with Crippen molar-refractivity contribution in [2.45, 2.75) is 25.9 Å². The number of cyclic esters (lactones) is 1. The molecule has 0 spiro atoms. The molecule has 0 amide bonds. The minimum atomic E-state index is -0.591. The largest absolute Gasteiger partial charge is 0.455 e. The number of hydrogen-bond donors (Lipinski definition) is 0. The number of rotatable bonds is 1. The molecule has 0 bridgehead atoms. The van der Waals surface area contributed by atoms with Crippen LogP contribution in [0.2, 0.25) is 0 Å². The lowest BCUT2D eigenvalue weighted by Crippen LogP contribution is -2.36. The minimum Gasteiger partial charge on any atom is -0.455 e. The zero-order valence-corrected chi connectivity index (χ0v) is 12.1. The Bertz CT molecular complexity index is 865. The maximum atomic E-state index is 12.3. The zero-order chi connectivity index (χ0) is 15.9. The van der Waals surface area contributed by atoms with E-state index in [0.29, 0.717) is 34.6 Å². The number of esters is 1. The van der Waals surface area contributed by atoms with Crippen LogP contribution in [0.3, 0.4) is 0 Å². The molecule has 1 aromatic heterocycles. The molecule has 2 heterocycles. The van der Waals surface area contributed by atoms with Crippen LogP contribution in [-0.4, -0.2) is 21.1 Å². The van der Waals surface area contributed by atoms with Gasteiger partial charge in [0.05, 0.1) is 28.6 Å². The van der Waals surface area contributed by atoms with Gasteiger partial charge < -0.3 is 4.74 Å². The number of carbonyl (C=O) groups excluding carboxylic acids is 1. The van der Waals surface area contributed by atoms with Crippen molar-refractivity contribution in [3.63, 3.8) is 0 Å². The maximum absolute atomic E-state index is 12.3. The van der Waals surface area contributed by atoms with E-state index in [9.17, 15) is 10.1 Å². The first-order valence-corrected chi connectivity index (χ1v) is 6.69. The Balaban J connectivity index is 2.17. The van der Waals surface area contributed by atoms with Gasteiger partial charge in [0, 0.05) is 6.42 Å². The molecule has 0 radical (unpaired) electrons. The van der Waals surface area contributed by atoms with Crippen LogP contribution in [0, 0.1) is 22.7 Å². The van der Waals surface area contributed by atoms with Crippen molar-refractivity contribution in [3.05, 3.63) is 47.0 Å². The third-order valence-electron chi connectivity index (χ3n) is 3.50. The summed E-state index contributed by atoms with van der Waals surface area (Å²) in [5.41, 5.74) is 1.59. The Morgan fingerprint density at radius 3 is 2.77 bits per heavy atom. The Morgan fingerprint density at radius 1 is 1.32 bits per heavy atom. The minimum absolute atomic E-state index is 0.303. The van der Waals surface area contributed by atoms with Crippen molar-refractivity contribution in [3.8, 4) is 17.8 Å². The number of nitriles is 2. The number of aromatic nitrogens is 2. The van der Waals surface area contributed by atoms with Crippen LogP contribution >= 0.6 is 0 Å². The smallest absolute Gasteiger partial charge is 0.357 e. The summed E-state index contributed by atoms with van der Waals surface area (Å²) < 4.78 is 6.95. The van der Waals surface area contributed by atoms with Gasteiger partial charge in [-0.25, -0.2) is 9.78 Å². The summed E-state index contributed by atoms with van der Waals surface area (Å²) in [5, 5.41) is 18.2. The monoisotopic (exact) mass is 292 g/mol. The molecule has 3 rings (SSSR count). The summed E-state index contributed by atoms with van der Waals surface area (Å²) in [6, 6.07) is 8.75. The van der Waals surface area contributed by atoms with E-state index >= 15 is 0 Å². The molecule has 0 saturated carbocycles. The van der Waals surface area contributed by atoms with Gasteiger partial charge >= 0.3 is 5.97 Å². The third-order valence-corrected chi connectivity index (χ3v) is 3.50. The first-order chi connectivity index (χ1) is 10.4. The van der Waals surface area contributed by atoms with Crippen LogP contribution < -0.4 is 0 Å². The molecular weight excluding hydrogens is 280 g/mol. The highest BCUT2D eigenvalue weighted by Crippen LogP contribution is 2.29. The van der Waals surface area contributed by atoms with E-state index in [0.717, 1.165) is 0 Å². The average Bonchev–Trinajstić information content (AvgIpc) is 2.88. The van der Waals surface area contributed by atoms with Crippen molar-refractivity contribution in [1.82, 2.24) is 9.55 Å². The van der Waals surface area contributed by atoms with Crippen LogP contribution in [-0.2, 0) is 11.2 Å². The molecule has 108 valence electrons. The molecule has 0 N–H and O–H groups in total. The van der Waals surface area contributed by atoms with Gasteiger partial charge in [-0.2, -0.15) is 10.5 Å². The number of benzene rings is 1. The summed E-state index contributed by atoms with van der Waals surface area (Å²) >= 11 is 0. The Kier molecular flexibility index (Phi) is 2.97. The van der Waals surface area contributed by atoms with E-state index in [2.05, 4.69) is 4.98 Å². The number of hydrogen-bond acceptors (Lipinski definition) is 5. The van der Waals surface area contributed by atoms with E-state index in [1.807, 2.05) is 26.0 Å². The number of ether oxygens (including phenoxy) is 1. The van der Waals surface area contributed by atoms with Gasteiger partial charge in [-0.15, -0.1) is 0 Å². The first-order valence-electron chi connectivity index (χ1n) is 6.69. The van der Waals surface area contributed by atoms with Crippen LogP contribution in [0.15, 0.2) is 24.5 Å². The van der Waals surface area contributed by atoms with Gasteiger partial charge in [-0.1, -0.05) is 0 Å². The van der Waals surface area contributed by atoms with E-state index in [1.54, 1.807) is 16.7 Å². The molecule has 0 atom stereocenters. The fourth-order valence-electron chi connectivity index (χ4n) is 2.56. The third kappa shape index (κ3) is 2.11. The van der Waals surface area contributed by atoms with Crippen molar-refractivity contribution in [2.75, 3.05) is 0 Å². The second-order valence-electron chi connectivity index (χ2n) is 5.69. The van der Waals surface area contributed by atoms with Crippen LogP contribution in [0.1, 0.15) is 41.2 Å². The second kappa shape index (κ2) is 4.71. The van der Waals surface area contributed by atoms with Gasteiger partial charge in [0.2, 0.25) is 0 Å². The van der Waals surface area contributed by atoms with E-state index < -0.39 is 11.6 Å². The Hall–Kier alpha value is -3.12. The van der Waals surface area contributed by atoms with Crippen molar-refractivity contribution in [2.24, 2.45) is 0 Å². The Morgan fingerprint density at radius 2 is 2.09 bits per heavy atom. The molecule has 0 saturated heterocycles. The molecule has 6 heteroatoms. The van der Waals surface area contributed by atoms with E-state index in [-0.39, 0.29) is 0 Å².